The largest absolute Gasteiger partial charge is 0.327 e. The Hall–Kier alpha value is -0.960. The second-order valence-electron chi connectivity index (χ2n) is 3.89. The van der Waals surface area contributed by atoms with E-state index in [2.05, 4.69) is 0 Å². The lowest BCUT2D eigenvalue weighted by molar-refractivity contribution is 0.487. The van der Waals surface area contributed by atoms with Crippen LogP contribution in [0, 0.1) is 17.6 Å². The van der Waals surface area contributed by atoms with Gasteiger partial charge in [0.2, 0.25) is 0 Å². The SMILES string of the molecule is CC(C)C(N)Cc1cc(F)cc(F)c1. The van der Waals surface area contributed by atoms with Gasteiger partial charge in [0, 0.05) is 12.1 Å². The van der Waals surface area contributed by atoms with Crippen LogP contribution in [0.25, 0.3) is 0 Å². The molecule has 1 aromatic rings. The Morgan fingerprint density at radius 2 is 1.64 bits per heavy atom. The quantitative estimate of drug-likeness (QED) is 0.795. The Labute approximate surface area is 82.9 Å². The first-order valence-corrected chi connectivity index (χ1v) is 4.69. The number of hydrogen-bond acceptors (Lipinski definition) is 1. The van der Waals surface area contributed by atoms with Crippen molar-refractivity contribution in [3.05, 3.63) is 35.4 Å². The van der Waals surface area contributed by atoms with Gasteiger partial charge in [0.1, 0.15) is 11.6 Å². The molecule has 14 heavy (non-hydrogen) atoms. The van der Waals surface area contributed by atoms with Crippen LogP contribution in [0.2, 0.25) is 0 Å². The van der Waals surface area contributed by atoms with E-state index < -0.39 is 11.6 Å². The van der Waals surface area contributed by atoms with E-state index in [1.807, 2.05) is 13.8 Å². The van der Waals surface area contributed by atoms with Crippen molar-refractivity contribution in [1.29, 1.82) is 0 Å². The molecular formula is C11H15F2N. The van der Waals surface area contributed by atoms with Gasteiger partial charge >= 0.3 is 0 Å². The summed E-state index contributed by atoms with van der Waals surface area (Å²) in [6, 6.07) is 3.46. The normalized spacial score (nSPS) is 13.3. The molecule has 0 saturated carbocycles. The first kappa shape index (κ1) is 11.1. The lowest BCUT2D eigenvalue weighted by Crippen LogP contribution is -2.28. The molecule has 1 unspecified atom stereocenters. The summed E-state index contributed by atoms with van der Waals surface area (Å²) >= 11 is 0. The molecular weight excluding hydrogens is 184 g/mol. The van der Waals surface area contributed by atoms with E-state index in [1.165, 1.54) is 12.1 Å². The molecule has 0 aliphatic rings. The molecule has 0 aliphatic carbocycles. The second kappa shape index (κ2) is 4.51. The number of nitrogens with two attached hydrogens (primary N) is 1. The Balaban J connectivity index is 2.76. The van der Waals surface area contributed by atoms with E-state index in [0.29, 0.717) is 17.9 Å². The van der Waals surface area contributed by atoms with Gasteiger partial charge in [0.25, 0.3) is 0 Å². The summed E-state index contributed by atoms with van der Waals surface area (Å²) in [5.74, 6) is -0.784. The Morgan fingerprint density at radius 1 is 1.14 bits per heavy atom. The van der Waals surface area contributed by atoms with Crippen molar-refractivity contribution in [3.63, 3.8) is 0 Å². The van der Waals surface area contributed by atoms with Crippen LogP contribution in [0.5, 0.6) is 0 Å². The summed E-state index contributed by atoms with van der Waals surface area (Å²) in [7, 11) is 0. The molecule has 1 rings (SSSR count). The molecule has 1 aromatic carbocycles. The van der Waals surface area contributed by atoms with Gasteiger partial charge in [-0.3, -0.25) is 0 Å². The minimum absolute atomic E-state index is 0.0591. The van der Waals surface area contributed by atoms with Gasteiger partial charge in [0.05, 0.1) is 0 Å². The van der Waals surface area contributed by atoms with E-state index in [0.717, 1.165) is 6.07 Å². The summed E-state index contributed by atoms with van der Waals surface area (Å²) < 4.78 is 25.6. The lowest BCUT2D eigenvalue weighted by Gasteiger charge is -2.15. The van der Waals surface area contributed by atoms with Crippen molar-refractivity contribution in [2.75, 3.05) is 0 Å². The van der Waals surface area contributed by atoms with Crippen LogP contribution in [0.15, 0.2) is 18.2 Å². The predicted octanol–water partition coefficient (Wildman–Crippen LogP) is 2.49. The fourth-order valence-electron chi connectivity index (χ4n) is 1.24. The highest BCUT2D eigenvalue weighted by Gasteiger charge is 2.09. The van der Waals surface area contributed by atoms with Gasteiger partial charge in [-0.25, -0.2) is 8.78 Å². The fourth-order valence-corrected chi connectivity index (χ4v) is 1.24. The first-order chi connectivity index (χ1) is 6.49. The van der Waals surface area contributed by atoms with E-state index in [4.69, 9.17) is 5.73 Å². The van der Waals surface area contributed by atoms with Gasteiger partial charge in [-0.05, 0) is 30.0 Å². The molecule has 0 aromatic heterocycles. The van der Waals surface area contributed by atoms with Gasteiger partial charge in [-0.2, -0.15) is 0 Å². The van der Waals surface area contributed by atoms with E-state index in [9.17, 15) is 8.78 Å². The van der Waals surface area contributed by atoms with Gasteiger partial charge in [-0.1, -0.05) is 13.8 Å². The first-order valence-electron chi connectivity index (χ1n) is 4.69. The third-order valence-corrected chi connectivity index (χ3v) is 2.25. The highest BCUT2D eigenvalue weighted by Crippen LogP contribution is 2.12. The molecule has 2 N–H and O–H groups in total. The van der Waals surface area contributed by atoms with Crippen LogP contribution in [-0.4, -0.2) is 6.04 Å². The average Bonchev–Trinajstić information content (AvgIpc) is 2.01. The maximum Gasteiger partial charge on any atom is 0.126 e. The van der Waals surface area contributed by atoms with Crippen LogP contribution in [0.3, 0.4) is 0 Å². The molecule has 0 spiro atoms. The fraction of sp³-hybridized carbons (Fsp3) is 0.455. The molecule has 1 nitrogen and oxygen atoms in total. The molecule has 0 amide bonds. The van der Waals surface area contributed by atoms with Crippen LogP contribution < -0.4 is 5.73 Å². The molecule has 1 atom stereocenters. The third kappa shape index (κ3) is 3.07. The van der Waals surface area contributed by atoms with Crippen LogP contribution in [0.4, 0.5) is 8.78 Å². The number of benzene rings is 1. The Bertz CT molecular complexity index is 290. The lowest BCUT2D eigenvalue weighted by atomic mass is 9.97. The zero-order valence-corrected chi connectivity index (χ0v) is 8.43. The smallest absolute Gasteiger partial charge is 0.126 e. The van der Waals surface area contributed by atoms with Gasteiger partial charge in [0.15, 0.2) is 0 Å². The second-order valence-corrected chi connectivity index (χ2v) is 3.89. The minimum atomic E-state index is -0.545. The topological polar surface area (TPSA) is 26.0 Å². The third-order valence-electron chi connectivity index (χ3n) is 2.25. The van der Waals surface area contributed by atoms with Crippen molar-refractivity contribution in [2.24, 2.45) is 11.7 Å². The van der Waals surface area contributed by atoms with Crippen molar-refractivity contribution in [3.8, 4) is 0 Å². The molecule has 3 heteroatoms. The zero-order valence-electron chi connectivity index (χ0n) is 8.43. The van der Waals surface area contributed by atoms with E-state index in [-0.39, 0.29) is 6.04 Å². The van der Waals surface area contributed by atoms with Crippen molar-refractivity contribution < 1.29 is 8.78 Å². The van der Waals surface area contributed by atoms with E-state index in [1.54, 1.807) is 0 Å². The highest BCUT2D eigenvalue weighted by atomic mass is 19.1. The molecule has 78 valence electrons. The maximum absolute atomic E-state index is 12.8. The van der Waals surface area contributed by atoms with Crippen LogP contribution >= 0.6 is 0 Å². The Kier molecular flexibility index (Phi) is 3.58. The number of rotatable bonds is 3. The van der Waals surface area contributed by atoms with Gasteiger partial charge in [-0.15, -0.1) is 0 Å². The summed E-state index contributed by atoms with van der Waals surface area (Å²) in [4.78, 5) is 0. The van der Waals surface area contributed by atoms with E-state index >= 15 is 0 Å². The standard InChI is InChI=1S/C11H15F2N/c1-7(2)11(14)5-8-3-9(12)6-10(13)4-8/h3-4,6-7,11H,5,14H2,1-2H3. The number of halogens is 2. The molecule has 0 saturated heterocycles. The predicted molar refractivity (Wildman–Crippen MR) is 52.9 cm³/mol. The summed E-state index contributed by atoms with van der Waals surface area (Å²) in [6.07, 6.45) is 0.506. The van der Waals surface area contributed by atoms with Gasteiger partial charge < -0.3 is 5.73 Å². The average molecular weight is 199 g/mol. The molecule has 0 fully saturated rings. The van der Waals surface area contributed by atoms with Crippen LogP contribution in [-0.2, 0) is 6.42 Å². The van der Waals surface area contributed by atoms with Crippen molar-refractivity contribution >= 4 is 0 Å². The molecule has 0 bridgehead atoms. The Morgan fingerprint density at radius 3 is 2.07 bits per heavy atom. The van der Waals surface area contributed by atoms with Crippen molar-refractivity contribution in [1.82, 2.24) is 0 Å². The highest BCUT2D eigenvalue weighted by molar-refractivity contribution is 5.18. The minimum Gasteiger partial charge on any atom is -0.327 e. The maximum atomic E-state index is 12.8. The number of hydrogen-bond donors (Lipinski definition) is 1. The molecule has 0 heterocycles. The summed E-state index contributed by atoms with van der Waals surface area (Å²) in [6.45, 7) is 3.97. The zero-order chi connectivity index (χ0) is 10.7. The summed E-state index contributed by atoms with van der Waals surface area (Å²) in [5, 5.41) is 0. The molecule has 0 radical (unpaired) electrons. The monoisotopic (exact) mass is 199 g/mol. The van der Waals surface area contributed by atoms with Crippen LogP contribution in [0.1, 0.15) is 19.4 Å². The van der Waals surface area contributed by atoms with Crippen molar-refractivity contribution in [2.45, 2.75) is 26.3 Å². The molecule has 0 aliphatic heterocycles. The summed E-state index contributed by atoms with van der Waals surface area (Å²) in [5.41, 5.74) is 6.42.